The molecule has 2 N–H and O–H groups in total. The first kappa shape index (κ1) is 24.3. The first-order valence-corrected chi connectivity index (χ1v) is 10.8. The topological polar surface area (TPSA) is 76.0 Å². The number of benzene rings is 3. The van der Waals surface area contributed by atoms with Crippen molar-refractivity contribution in [3.8, 4) is 11.5 Å². The molecule has 3 aromatic rings. The van der Waals surface area contributed by atoms with Crippen LogP contribution in [0.15, 0.2) is 72.8 Å². The Labute approximate surface area is 195 Å². The molecule has 33 heavy (non-hydrogen) atoms. The Morgan fingerprint density at radius 1 is 0.636 bits per heavy atom. The third kappa shape index (κ3) is 6.34. The third-order valence-electron chi connectivity index (χ3n) is 5.85. The molecule has 6 heteroatoms. The highest BCUT2D eigenvalue weighted by Gasteiger charge is 2.51. The van der Waals surface area contributed by atoms with Gasteiger partial charge in [-0.3, -0.25) is 4.79 Å². The van der Waals surface area contributed by atoms with Gasteiger partial charge in [-0.25, -0.2) is 0 Å². The molecule has 1 saturated heterocycles. The zero-order chi connectivity index (χ0) is 24.1. The molecule has 0 bridgehead atoms. The Bertz CT molecular complexity index is 1070. The second-order valence-electron chi connectivity index (χ2n) is 8.89. The number of hydrogen-bond donors (Lipinski definition) is 2. The maximum Gasteiger partial charge on any atom is 0.494 e. The Hall–Kier alpha value is -3.35. The van der Waals surface area contributed by atoms with E-state index >= 15 is 0 Å². The largest absolute Gasteiger partial charge is 0.508 e. The lowest BCUT2D eigenvalue weighted by Gasteiger charge is -2.32. The molecule has 0 atom stereocenters. The van der Waals surface area contributed by atoms with Crippen molar-refractivity contribution in [1.29, 1.82) is 0 Å². The zero-order valence-electron chi connectivity index (χ0n) is 19.4. The summed E-state index contributed by atoms with van der Waals surface area (Å²) >= 11 is 0. The lowest BCUT2D eigenvalue weighted by Crippen LogP contribution is -2.41. The molecule has 0 radical (unpaired) electrons. The maximum absolute atomic E-state index is 10.0. The monoisotopic (exact) mass is 444 g/mol. The molecule has 0 saturated carbocycles. The SMILES string of the molecule is CC1(C)OB(c2ccc(C=Cc3ccc(O)cc3)cc2)OC1(C)C.O=Cc1ccc(O)cc1. The van der Waals surface area contributed by atoms with Gasteiger partial charge in [-0.05, 0) is 80.7 Å². The molecule has 1 aliphatic rings. The van der Waals surface area contributed by atoms with Gasteiger partial charge >= 0.3 is 7.12 Å². The highest BCUT2D eigenvalue weighted by Crippen LogP contribution is 2.36. The van der Waals surface area contributed by atoms with Crippen molar-refractivity contribution in [3.63, 3.8) is 0 Å². The highest BCUT2D eigenvalue weighted by atomic mass is 16.7. The summed E-state index contributed by atoms with van der Waals surface area (Å²) in [6.45, 7) is 8.23. The minimum absolute atomic E-state index is 0.181. The van der Waals surface area contributed by atoms with E-state index in [0.717, 1.165) is 22.9 Å². The summed E-state index contributed by atoms with van der Waals surface area (Å²) < 4.78 is 12.1. The molecule has 0 unspecified atom stereocenters. The van der Waals surface area contributed by atoms with Gasteiger partial charge in [-0.15, -0.1) is 0 Å². The second-order valence-corrected chi connectivity index (χ2v) is 8.89. The molecular weight excluding hydrogens is 415 g/mol. The summed E-state index contributed by atoms with van der Waals surface area (Å²) in [7, 11) is -0.329. The lowest BCUT2D eigenvalue weighted by atomic mass is 9.79. The fourth-order valence-electron chi connectivity index (χ4n) is 3.07. The lowest BCUT2D eigenvalue weighted by molar-refractivity contribution is 0.00578. The predicted molar refractivity (Wildman–Crippen MR) is 133 cm³/mol. The number of aromatic hydroxyl groups is 2. The number of phenols is 2. The van der Waals surface area contributed by atoms with E-state index in [1.165, 1.54) is 12.1 Å². The van der Waals surface area contributed by atoms with Crippen molar-refractivity contribution in [1.82, 2.24) is 0 Å². The van der Waals surface area contributed by atoms with E-state index in [9.17, 15) is 9.90 Å². The summed E-state index contributed by atoms with van der Waals surface area (Å²) in [4.78, 5) is 10.0. The van der Waals surface area contributed by atoms with Crippen LogP contribution in [0.1, 0.15) is 49.2 Å². The number of phenolic OH excluding ortho intramolecular Hbond substituents is 2. The smallest absolute Gasteiger partial charge is 0.494 e. The Balaban J connectivity index is 0.000000286. The number of hydrogen-bond acceptors (Lipinski definition) is 5. The van der Waals surface area contributed by atoms with Crippen molar-refractivity contribution >= 4 is 31.0 Å². The van der Waals surface area contributed by atoms with Crippen LogP contribution in [0.25, 0.3) is 12.2 Å². The van der Waals surface area contributed by atoms with E-state index < -0.39 is 0 Å². The van der Waals surface area contributed by atoms with Gasteiger partial charge in [0, 0.05) is 5.56 Å². The first-order valence-electron chi connectivity index (χ1n) is 10.8. The van der Waals surface area contributed by atoms with Gasteiger partial charge in [-0.2, -0.15) is 0 Å². The third-order valence-corrected chi connectivity index (χ3v) is 5.85. The molecule has 1 aliphatic heterocycles. The molecule has 3 aromatic carbocycles. The Kier molecular flexibility index (Phi) is 7.41. The summed E-state index contributed by atoms with van der Waals surface area (Å²) in [6, 6.07) is 21.4. The minimum atomic E-state index is -0.329. The van der Waals surface area contributed by atoms with Gasteiger partial charge in [-0.1, -0.05) is 48.6 Å². The molecule has 4 rings (SSSR count). The van der Waals surface area contributed by atoms with Crippen LogP contribution in [-0.2, 0) is 9.31 Å². The summed E-state index contributed by atoms with van der Waals surface area (Å²) in [5.74, 6) is 0.458. The molecule has 1 heterocycles. The molecule has 0 amide bonds. The Morgan fingerprint density at radius 3 is 1.39 bits per heavy atom. The standard InChI is InChI=1S/C20H23BO3.C7H6O2/c1-19(2)20(3,4)24-21(23-19)17-11-7-15(8-12-17)5-6-16-9-13-18(22)14-10-16;8-5-6-1-3-7(9)4-2-6/h5-14,22H,1-4H3;1-5,9H. The average molecular weight is 444 g/mol. The molecule has 170 valence electrons. The normalized spacial score (nSPS) is 16.3. The number of carbonyl (C=O) groups is 1. The average Bonchev–Trinajstić information content (AvgIpc) is 3.01. The summed E-state index contributed by atoms with van der Waals surface area (Å²) in [5, 5.41) is 18.0. The first-order chi connectivity index (χ1) is 15.6. The molecule has 0 aliphatic carbocycles. The van der Waals surface area contributed by atoms with Crippen molar-refractivity contribution in [2.45, 2.75) is 38.9 Å². The number of aldehydes is 1. The maximum atomic E-state index is 10.0. The van der Waals surface area contributed by atoms with E-state index in [0.29, 0.717) is 5.56 Å². The fourth-order valence-corrected chi connectivity index (χ4v) is 3.07. The van der Waals surface area contributed by atoms with E-state index in [4.69, 9.17) is 14.4 Å². The van der Waals surface area contributed by atoms with E-state index in [1.54, 1.807) is 24.3 Å². The fraction of sp³-hybridized carbons (Fsp3) is 0.222. The van der Waals surface area contributed by atoms with E-state index in [1.807, 2.05) is 36.4 Å². The van der Waals surface area contributed by atoms with Gasteiger partial charge in [0.25, 0.3) is 0 Å². The molecule has 1 fully saturated rings. The highest BCUT2D eigenvalue weighted by molar-refractivity contribution is 6.62. The van der Waals surface area contributed by atoms with Crippen LogP contribution in [0.5, 0.6) is 11.5 Å². The van der Waals surface area contributed by atoms with Gasteiger partial charge in [0.2, 0.25) is 0 Å². The molecule has 0 spiro atoms. The number of carbonyl (C=O) groups excluding carboxylic acids is 1. The second kappa shape index (κ2) is 10.1. The molecular formula is C27H29BO5. The van der Waals surface area contributed by atoms with Crippen LogP contribution < -0.4 is 5.46 Å². The van der Waals surface area contributed by atoms with Crippen molar-refractivity contribution in [2.75, 3.05) is 0 Å². The van der Waals surface area contributed by atoms with Crippen LogP contribution >= 0.6 is 0 Å². The van der Waals surface area contributed by atoms with Crippen molar-refractivity contribution in [2.24, 2.45) is 0 Å². The number of rotatable bonds is 4. The van der Waals surface area contributed by atoms with Gasteiger partial charge in [0.1, 0.15) is 17.8 Å². The molecule has 0 aromatic heterocycles. The minimum Gasteiger partial charge on any atom is -0.508 e. The van der Waals surface area contributed by atoms with Gasteiger partial charge in [0.15, 0.2) is 0 Å². The van der Waals surface area contributed by atoms with Crippen LogP contribution in [0.2, 0.25) is 0 Å². The quantitative estimate of drug-likeness (QED) is 0.334. The van der Waals surface area contributed by atoms with Crippen LogP contribution in [0.3, 0.4) is 0 Å². The predicted octanol–water partition coefficient (Wildman–Crippen LogP) is 5.07. The Morgan fingerprint density at radius 2 is 1.00 bits per heavy atom. The van der Waals surface area contributed by atoms with Crippen LogP contribution in [-0.4, -0.2) is 34.8 Å². The zero-order valence-corrected chi connectivity index (χ0v) is 19.4. The van der Waals surface area contributed by atoms with Crippen molar-refractivity contribution in [3.05, 3.63) is 89.5 Å². The summed E-state index contributed by atoms with van der Waals surface area (Å²) in [5.41, 5.74) is 3.10. The van der Waals surface area contributed by atoms with Gasteiger partial charge in [0.05, 0.1) is 11.2 Å². The van der Waals surface area contributed by atoms with E-state index in [2.05, 4.69) is 39.8 Å². The summed E-state index contributed by atoms with van der Waals surface area (Å²) in [6.07, 6.45) is 4.79. The van der Waals surface area contributed by atoms with Gasteiger partial charge < -0.3 is 19.5 Å². The molecule has 5 nitrogen and oxygen atoms in total. The van der Waals surface area contributed by atoms with E-state index in [-0.39, 0.29) is 29.8 Å². The van der Waals surface area contributed by atoms with Crippen LogP contribution in [0.4, 0.5) is 0 Å². The van der Waals surface area contributed by atoms with Crippen molar-refractivity contribution < 1.29 is 24.3 Å². The van der Waals surface area contributed by atoms with Crippen LogP contribution in [0, 0.1) is 0 Å².